The lowest BCUT2D eigenvalue weighted by Crippen LogP contribution is -2.30. The summed E-state index contributed by atoms with van der Waals surface area (Å²) in [6.07, 6.45) is 74.0. The zero-order valence-electron chi connectivity index (χ0n) is 47.5. The quantitative estimate of drug-likeness (QED) is 0.0261. The Kier molecular flexibility index (Phi) is 57.7. The predicted octanol–water partition coefficient (Wildman–Crippen LogP) is 21.0. The number of carbonyl (C=O) groups excluding carboxylic acids is 3. The largest absolute Gasteiger partial charge is 0.462 e. The first-order valence-electron chi connectivity index (χ1n) is 31.1. The van der Waals surface area contributed by atoms with Crippen LogP contribution in [0.1, 0.15) is 329 Å². The van der Waals surface area contributed by atoms with Gasteiger partial charge in [0.15, 0.2) is 6.10 Å². The van der Waals surface area contributed by atoms with Crippen LogP contribution in [0.15, 0.2) is 48.6 Å². The zero-order valence-corrected chi connectivity index (χ0v) is 47.5. The van der Waals surface area contributed by atoms with Gasteiger partial charge in [-0.25, -0.2) is 0 Å². The summed E-state index contributed by atoms with van der Waals surface area (Å²) in [5, 5.41) is 0. The van der Waals surface area contributed by atoms with E-state index < -0.39 is 6.10 Å². The number of ether oxygens (including phenoxy) is 3. The van der Waals surface area contributed by atoms with Crippen molar-refractivity contribution in [2.45, 2.75) is 335 Å². The Balaban J connectivity index is 4.35. The molecule has 0 N–H and O–H groups in total. The van der Waals surface area contributed by atoms with Gasteiger partial charge in [-0.05, 0) is 83.5 Å². The van der Waals surface area contributed by atoms with Gasteiger partial charge in [-0.1, -0.05) is 275 Å². The molecule has 0 unspecified atom stereocenters. The van der Waals surface area contributed by atoms with Crippen LogP contribution in [0.3, 0.4) is 0 Å². The van der Waals surface area contributed by atoms with E-state index in [1.807, 2.05) is 0 Å². The van der Waals surface area contributed by atoms with Gasteiger partial charge >= 0.3 is 17.9 Å². The van der Waals surface area contributed by atoms with Gasteiger partial charge in [-0.3, -0.25) is 14.4 Å². The highest BCUT2D eigenvalue weighted by molar-refractivity contribution is 5.71. The van der Waals surface area contributed by atoms with Crippen molar-refractivity contribution in [3.63, 3.8) is 0 Å². The van der Waals surface area contributed by atoms with Crippen molar-refractivity contribution in [2.75, 3.05) is 13.2 Å². The minimum absolute atomic E-state index is 0.0820. The third kappa shape index (κ3) is 58.1. The van der Waals surface area contributed by atoms with E-state index in [1.165, 1.54) is 218 Å². The Hall–Kier alpha value is -2.63. The first kappa shape index (κ1) is 68.4. The molecule has 0 fully saturated rings. The Morgan fingerprint density at radius 2 is 0.507 bits per heavy atom. The van der Waals surface area contributed by atoms with E-state index in [0.717, 1.165) is 70.6 Å². The normalized spacial score (nSPS) is 12.3. The summed E-state index contributed by atoms with van der Waals surface area (Å²) >= 11 is 0. The third-order valence-corrected chi connectivity index (χ3v) is 13.8. The first-order valence-corrected chi connectivity index (χ1v) is 31.1. The highest BCUT2D eigenvalue weighted by Crippen LogP contribution is 2.17. The molecule has 0 rings (SSSR count). The molecule has 0 radical (unpaired) electrons. The number of unbranched alkanes of at least 4 members (excludes halogenated alkanes) is 38. The summed E-state index contributed by atoms with van der Waals surface area (Å²) in [7, 11) is 0. The zero-order chi connectivity index (χ0) is 51.4. The van der Waals surface area contributed by atoms with Crippen LogP contribution in [0.2, 0.25) is 0 Å². The van der Waals surface area contributed by atoms with Crippen LogP contribution in [0.5, 0.6) is 0 Å². The van der Waals surface area contributed by atoms with Crippen LogP contribution in [-0.4, -0.2) is 37.2 Å². The molecule has 0 amide bonds. The van der Waals surface area contributed by atoms with Crippen LogP contribution in [-0.2, 0) is 28.6 Å². The van der Waals surface area contributed by atoms with Crippen molar-refractivity contribution >= 4 is 17.9 Å². The van der Waals surface area contributed by atoms with E-state index in [2.05, 4.69) is 69.4 Å². The SMILES string of the molecule is CCCCC/C=C\C/C=C\C/C=C\CCCCC(=O)OC[C@H](COC(=O)CCCCCCCCCCCCC/C=C\CCCCCCCC)OC(=O)CCCCCCCCCCCCCCCCCCC. The van der Waals surface area contributed by atoms with Crippen molar-refractivity contribution in [1.82, 2.24) is 0 Å². The summed E-state index contributed by atoms with van der Waals surface area (Å²) < 4.78 is 16.9. The molecule has 0 aliphatic rings. The fourth-order valence-corrected chi connectivity index (χ4v) is 9.09. The lowest BCUT2D eigenvalue weighted by molar-refractivity contribution is -0.167. The Bertz CT molecular complexity index is 1230. The monoisotopic (exact) mass is 995 g/mol. The lowest BCUT2D eigenvalue weighted by atomic mass is 10.0. The van der Waals surface area contributed by atoms with Crippen molar-refractivity contribution in [3.8, 4) is 0 Å². The van der Waals surface area contributed by atoms with Gasteiger partial charge in [0.25, 0.3) is 0 Å². The average Bonchev–Trinajstić information content (AvgIpc) is 3.37. The molecule has 414 valence electrons. The maximum atomic E-state index is 12.9. The number of hydrogen-bond acceptors (Lipinski definition) is 6. The van der Waals surface area contributed by atoms with Gasteiger partial charge in [0.05, 0.1) is 0 Å². The Morgan fingerprint density at radius 3 is 0.859 bits per heavy atom. The minimum Gasteiger partial charge on any atom is -0.462 e. The predicted molar refractivity (Wildman–Crippen MR) is 307 cm³/mol. The van der Waals surface area contributed by atoms with Crippen molar-refractivity contribution in [2.24, 2.45) is 0 Å². The molecule has 0 aromatic rings. The lowest BCUT2D eigenvalue weighted by Gasteiger charge is -2.18. The average molecular weight is 996 g/mol. The fraction of sp³-hybridized carbons (Fsp3) is 0.831. The second-order valence-electron chi connectivity index (χ2n) is 21.0. The molecular formula is C65H118O6. The smallest absolute Gasteiger partial charge is 0.306 e. The van der Waals surface area contributed by atoms with E-state index in [-0.39, 0.29) is 31.1 Å². The summed E-state index contributed by atoms with van der Waals surface area (Å²) in [6, 6.07) is 0. The topological polar surface area (TPSA) is 78.9 Å². The number of hydrogen-bond donors (Lipinski definition) is 0. The Morgan fingerprint density at radius 1 is 0.282 bits per heavy atom. The maximum Gasteiger partial charge on any atom is 0.306 e. The van der Waals surface area contributed by atoms with Gasteiger partial charge in [-0.2, -0.15) is 0 Å². The van der Waals surface area contributed by atoms with Crippen molar-refractivity contribution in [3.05, 3.63) is 48.6 Å². The van der Waals surface area contributed by atoms with Gasteiger partial charge in [-0.15, -0.1) is 0 Å². The molecule has 0 aromatic carbocycles. The highest BCUT2D eigenvalue weighted by Gasteiger charge is 2.19. The number of esters is 3. The van der Waals surface area contributed by atoms with Crippen LogP contribution in [0.4, 0.5) is 0 Å². The fourth-order valence-electron chi connectivity index (χ4n) is 9.09. The molecule has 0 saturated carbocycles. The maximum absolute atomic E-state index is 12.9. The highest BCUT2D eigenvalue weighted by atomic mass is 16.6. The van der Waals surface area contributed by atoms with E-state index >= 15 is 0 Å². The van der Waals surface area contributed by atoms with Crippen LogP contribution in [0.25, 0.3) is 0 Å². The van der Waals surface area contributed by atoms with Crippen LogP contribution >= 0.6 is 0 Å². The molecular weight excluding hydrogens is 877 g/mol. The molecule has 0 heterocycles. The standard InChI is InChI=1S/C65H118O6/c1-4-7-10-13-16-19-22-25-28-30-31-32-33-35-37-40-43-46-49-52-55-58-64(67)70-61-62(60-69-63(66)57-54-51-48-45-42-39-36-27-24-21-18-15-12-9-6-3)71-65(68)59-56-53-50-47-44-41-38-34-29-26-23-20-17-14-11-8-5-2/h18,21,25,27-28,36,42,45,62H,4-17,19-20,22-24,26,29-35,37-41,43-44,46-61H2,1-3H3/b21-18-,28-25-,36-27-,45-42-/t62-/m1/s1. The van der Waals surface area contributed by atoms with Gasteiger partial charge in [0.2, 0.25) is 0 Å². The molecule has 6 heteroatoms. The number of allylic oxidation sites excluding steroid dienone is 8. The van der Waals surface area contributed by atoms with Gasteiger partial charge in [0, 0.05) is 19.3 Å². The molecule has 0 bridgehead atoms. The van der Waals surface area contributed by atoms with E-state index in [0.29, 0.717) is 19.3 Å². The number of rotatable bonds is 57. The summed E-state index contributed by atoms with van der Waals surface area (Å²) in [5.41, 5.74) is 0. The number of carbonyl (C=O) groups is 3. The minimum atomic E-state index is -0.787. The van der Waals surface area contributed by atoms with Crippen molar-refractivity contribution in [1.29, 1.82) is 0 Å². The molecule has 71 heavy (non-hydrogen) atoms. The molecule has 0 spiro atoms. The van der Waals surface area contributed by atoms with Gasteiger partial charge in [0.1, 0.15) is 13.2 Å². The van der Waals surface area contributed by atoms with Crippen LogP contribution in [0, 0.1) is 0 Å². The first-order chi connectivity index (χ1) is 35.0. The van der Waals surface area contributed by atoms with E-state index in [9.17, 15) is 14.4 Å². The molecule has 0 aliphatic carbocycles. The summed E-state index contributed by atoms with van der Waals surface area (Å²) in [4.78, 5) is 38.2. The molecule has 6 nitrogen and oxygen atoms in total. The van der Waals surface area contributed by atoms with Crippen molar-refractivity contribution < 1.29 is 28.6 Å². The second-order valence-corrected chi connectivity index (χ2v) is 21.0. The summed E-state index contributed by atoms with van der Waals surface area (Å²) in [5.74, 6) is -0.903. The molecule has 0 aromatic heterocycles. The molecule has 0 aliphatic heterocycles. The van der Waals surface area contributed by atoms with E-state index in [4.69, 9.17) is 14.2 Å². The Labute approximate surface area is 441 Å². The third-order valence-electron chi connectivity index (χ3n) is 13.8. The summed E-state index contributed by atoms with van der Waals surface area (Å²) in [6.45, 7) is 6.62. The second kappa shape index (κ2) is 59.9. The van der Waals surface area contributed by atoms with E-state index in [1.54, 1.807) is 0 Å². The van der Waals surface area contributed by atoms with Crippen LogP contribution < -0.4 is 0 Å². The molecule has 0 saturated heterocycles. The molecule has 1 atom stereocenters. The van der Waals surface area contributed by atoms with Gasteiger partial charge < -0.3 is 14.2 Å².